The third kappa shape index (κ3) is 3.76. The fraction of sp³-hybridized carbons (Fsp3) is 0.458. The van der Waals surface area contributed by atoms with Crippen LogP contribution in [0.15, 0.2) is 54.6 Å². The molecule has 2 aromatic carbocycles. The van der Waals surface area contributed by atoms with E-state index >= 15 is 0 Å². The lowest BCUT2D eigenvalue weighted by atomic mass is 9.83. The molecule has 2 atom stereocenters. The number of benzene rings is 2. The Morgan fingerprint density at radius 3 is 2.40 bits per heavy atom. The monoisotopic (exact) mass is 407 g/mol. The number of nitrogens with zero attached hydrogens (tertiary/aromatic N) is 3. The third-order valence-electron chi connectivity index (χ3n) is 6.85. The Kier molecular flexibility index (Phi) is 5.11. The molecule has 0 aliphatic carbocycles. The van der Waals surface area contributed by atoms with Crippen LogP contribution in [0.4, 0.5) is 0 Å². The molecule has 0 bridgehead atoms. The summed E-state index contributed by atoms with van der Waals surface area (Å²) in [6.07, 6.45) is 0.623. The maximum Gasteiger partial charge on any atom is 0.335 e. The molecule has 2 aromatic rings. The fourth-order valence-electron chi connectivity index (χ4n) is 5.72. The Morgan fingerprint density at radius 2 is 1.63 bits per heavy atom. The number of β-amino-alcohol motifs (C(OH)–C–C–N with tert-alkyl or cyclic N) is 1. The van der Waals surface area contributed by atoms with Crippen molar-refractivity contribution in [2.75, 3.05) is 32.7 Å². The number of aliphatic hydroxyl groups is 1. The van der Waals surface area contributed by atoms with E-state index < -0.39 is 5.97 Å². The first kappa shape index (κ1) is 19.7. The molecule has 3 fully saturated rings. The normalized spacial score (nSPS) is 26.4. The average molecular weight is 408 g/mol. The van der Waals surface area contributed by atoms with Gasteiger partial charge in [0.2, 0.25) is 0 Å². The van der Waals surface area contributed by atoms with Gasteiger partial charge in [0.25, 0.3) is 0 Å². The smallest absolute Gasteiger partial charge is 0.335 e. The molecule has 3 aliphatic rings. The maximum absolute atomic E-state index is 11.3. The first-order chi connectivity index (χ1) is 14.5. The van der Waals surface area contributed by atoms with Gasteiger partial charge >= 0.3 is 5.97 Å². The van der Waals surface area contributed by atoms with Crippen LogP contribution >= 0.6 is 0 Å². The maximum atomic E-state index is 11.3. The molecule has 158 valence electrons. The predicted octanol–water partition coefficient (Wildman–Crippen LogP) is 1.89. The molecule has 2 N–H and O–H groups in total. The second-order valence-electron chi connectivity index (χ2n) is 9.23. The van der Waals surface area contributed by atoms with E-state index in [9.17, 15) is 15.0 Å². The van der Waals surface area contributed by atoms with Crippen LogP contribution in [-0.4, -0.2) is 81.3 Å². The number of piperazine rings is 1. The molecule has 6 heteroatoms. The summed E-state index contributed by atoms with van der Waals surface area (Å²) in [5, 5.41) is 19.6. The molecule has 30 heavy (non-hydrogen) atoms. The van der Waals surface area contributed by atoms with E-state index in [1.165, 1.54) is 5.56 Å². The molecule has 6 nitrogen and oxygen atoms in total. The summed E-state index contributed by atoms with van der Waals surface area (Å²) in [7, 11) is 0. The zero-order valence-corrected chi connectivity index (χ0v) is 17.2. The molecule has 3 saturated heterocycles. The Balaban J connectivity index is 1.29. The van der Waals surface area contributed by atoms with Crippen LogP contribution in [0.3, 0.4) is 0 Å². The highest BCUT2D eigenvalue weighted by molar-refractivity contribution is 5.87. The SMILES string of the molecule is O=C(O)c1cccc(CN2CC3(CN(Cc4ccccc4)C[C@@H]4C[C@@H](O)CN43)C2)c1. The first-order valence-electron chi connectivity index (χ1n) is 10.8. The molecule has 0 aromatic heterocycles. The van der Waals surface area contributed by atoms with Crippen molar-refractivity contribution in [3.63, 3.8) is 0 Å². The zero-order chi connectivity index (χ0) is 20.7. The summed E-state index contributed by atoms with van der Waals surface area (Å²) in [6, 6.07) is 18.3. The van der Waals surface area contributed by atoms with E-state index in [2.05, 4.69) is 45.0 Å². The summed E-state index contributed by atoms with van der Waals surface area (Å²) in [6.45, 7) is 6.42. The number of aliphatic hydroxyl groups excluding tert-OH is 1. The quantitative estimate of drug-likeness (QED) is 0.789. The van der Waals surface area contributed by atoms with E-state index in [0.717, 1.165) is 57.8 Å². The zero-order valence-electron chi connectivity index (χ0n) is 17.2. The Morgan fingerprint density at radius 1 is 0.933 bits per heavy atom. The Hall–Kier alpha value is -2.25. The summed E-state index contributed by atoms with van der Waals surface area (Å²) < 4.78 is 0. The van der Waals surface area contributed by atoms with Crippen LogP contribution in [0.5, 0.6) is 0 Å². The van der Waals surface area contributed by atoms with Crippen molar-refractivity contribution >= 4 is 5.97 Å². The number of hydrogen-bond donors (Lipinski definition) is 2. The topological polar surface area (TPSA) is 67.2 Å². The van der Waals surface area contributed by atoms with Crippen molar-refractivity contribution in [2.24, 2.45) is 0 Å². The largest absolute Gasteiger partial charge is 0.478 e. The van der Waals surface area contributed by atoms with Crippen LogP contribution in [0.25, 0.3) is 0 Å². The van der Waals surface area contributed by atoms with Crippen LogP contribution in [0.2, 0.25) is 0 Å². The van der Waals surface area contributed by atoms with Crippen molar-refractivity contribution in [1.82, 2.24) is 14.7 Å². The minimum Gasteiger partial charge on any atom is -0.478 e. The van der Waals surface area contributed by atoms with Gasteiger partial charge in [-0.3, -0.25) is 14.7 Å². The van der Waals surface area contributed by atoms with E-state index in [1.54, 1.807) is 12.1 Å². The van der Waals surface area contributed by atoms with Gasteiger partial charge in [-0.2, -0.15) is 0 Å². The Bertz CT molecular complexity index is 913. The van der Waals surface area contributed by atoms with Gasteiger partial charge in [0.05, 0.1) is 17.2 Å². The number of likely N-dealkylation sites (tertiary alicyclic amines) is 1. The van der Waals surface area contributed by atoms with Gasteiger partial charge < -0.3 is 10.2 Å². The van der Waals surface area contributed by atoms with Gasteiger partial charge in [-0.05, 0) is 29.7 Å². The summed E-state index contributed by atoms with van der Waals surface area (Å²) in [5.41, 5.74) is 2.80. The molecular weight excluding hydrogens is 378 g/mol. The van der Waals surface area contributed by atoms with Crippen molar-refractivity contribution in [3.05, 3.63) is 71.3 Å². The summed E-state index contributed by atoms with van der Waals surface area (Å²) in [5.74, 6) is -0.880. The van der Waals surface area contributed by atoms with Crippen LogP contribution < -0.4 is 0 Å². The molecule has 5 rings (SSSR count). The van der Waals surface area contributed by atoms with Crippen molar-refractivity contribution in [2.45, 2.75) is 37.2 Å². The molecule has 0 radical (unpaired) electrons. The van der Waals surface area contributed by atoms with E-state index in [0.29, 0.717) is 11.6 Å². The third-order valence-corrected chi connectivity index (χ3v) is 6.85. The van der Waals surface area contributed by atoms with Gasteiger partial charge in [-0.1, -0.05) is 42.5 Å². The van der Waals surface area contributed by atoms with Gasteiger partial charge in [0, 0.05) is 51.9 Å². The molecule has 0 saturated carbocycles. The Labute approximate surface area is 177 Å². The minimum absolute atomic E-state index is 0.0829. The second kappa shape index (κ2) is 7.78. The molecular formula is C24H29N3O3. The highest BCUT2D eigenvalue weighted by atomic mass is 16.4. The average Bonchev–Trinajstić information content (AvgIpc) is 3.08. The first-order valence-corrected chi connectivity index (χ1v) is 10.8. The lowest BCUT2D eigenvalue weighted by Gasteiger charge is -2.61. The van der Waals surface area contributed by atoms with Gasteiger partial charge in [0.1, 0.15) is 0 Å². The highest BCUT2D eigenvalue weighted by Gasteiger charge is 2.55. The number of carboxylic acid groups (broad SMARTS) is 1. The highest BCUT2D eigenvalue weighted by Crippen LogP contribution is 2.39. The number of rotatable bonds is 5. The lowest BCUT2D eigenvalue weighted by Crippen LogP contribution is -2.77. The second-order valence-corrected chi connectivity index (χ2v) is 9.23. The van der Waals surface area contributed by atoms with Gasteiger partial charge in [-0.15, -0.1) is 0 Å². The van der Waals surface area contributed by atoms with E-state index in [4.69, 9.17) is 0 Å². The fourth-order valence-corrected chi connectivity index (χ4v) is 5.72. The standard InChI is InChI=1S/C24H29N3O3/c28-22-10-21-13-25(11-18-5-2-1-3-6-18)15-24(27(21)14-22)16-26(17-24)12-19-7-4-8-20(9-19)23(29)30/h1-9,21-22,28H,10-17H2,(H,29,30)/t21-,22+/m0/s1. The summed E-state index contributed by atoms with van der Waals surface area (Å²) >= 11 is 0. The van der Waals surface area contributed by atoms with Crippen molar-refractivity contribution in [3.8, 4) is 0 Å². The molecule has 1 spiro atoms. The molecule has 3 heterocycles. The molecule has 3 aliphatic heterocycles. The van der Waals surface area contributed by atoms with Gasteiger partial charge in [-0.25, -0.2) is 4.79 Å². The molecule has 0 unspecified atom stereocenters. The summed E-state index contributed by atoms with van der Waals surface area (Å²) in [4.78, 5) is 18.8. The van der Waals surface area contributed by atoms with E-state index in [-0.39, 0.29) is 11.6 Å². The van der Waals surface area contributed by atoms with Crippen molar-refractivity contribution in [1.29, 1.82) is 0 Å². The number of carbonyl (C=O) groups is 1. The van der Waals surface area contributed by atoms with Crippen LogP contribution in [0.1, 0.15) is 27.9 Å². The van der Waals surface area contributed by atoms with Gasteiger partial charge in [0.15, 0.2) is 0 Å². The van der Waals surface area contributed by atoms with Crippen LogP contribution in [-0.2, 0) is 13.1 Å². The number of hydrogen-bond acceptors (Lipinski definition) is 5. The van der Waals surface area contributed by atoms with Crippen LogP contribution in [0, 0.1) is 0 Å². The van der Waals surface area contributed by atoms with E-state index in [1.807, 2.05) is 12.1 Å². The number of fused-ring (bicyclic) bond motifs is 2. The lowest BCUT2D eigenvalue weighted by molar-refractivity contribution is -0.118. The van der Waals surface area contributed by atoms with Crippen molar-refractivity contribution < 1.29 is 15.0 Å². The number of aromatic carboxylic acids is 1. The molecule has 0 amide bonds. The predicted molar refractivity (Wildman–Crippen MR) is 114 cm³/mol. The minimum atomic E-state index is -0.880. The number of carboxylic acids is 1.